The van der Waals surface area contributed by atoms with Gasteiger partial charge in [-0.15, -0.1) is 10.2 Å². The molecular weight excluding hydrogens is 401 g/mol. The Hall–Kier alpha value is -3.43. The SMILES string of the molecule is O=C(O)c1ccn2c(C(=O)N3CCC(c4ccccc4C(F)(F)F)CC3)nnc2c1. The molecule has 1 aliphatic rings. The lowest BCUT2D eigenvalue weighted by atomic mass is 9.86. The quantitative estimate of drug-likeness (QED) is 0.704. The van der Waals surface area contributed by atoms with E-state index in [0.29, 0.717) is 12.8 Å². The van der Waals surface area contributed by atoms with Gasteiger partial charge in [0.05, 0.1) is 11.1 Å². The number of halogens is 3. The van der Waals surface area contributed by atoms with Crippen molar-refractivity contribution in [3.8, 4) is 0 Å². The first-order valence-corrected chi connectivity index (χ1v) is 9.29. The van der Waals surface area contributed by atoms with Crippen LogP contribution in [0.4, 0.5) is 13.2 Å². The summed E-state index contributed by atoms with van der Waals surface area (Å²) in [6, 6.07) is 8.20. The van der Waals surface area contributed by atoms with Gasteiger partial charge in [-0.25, -0.2) is 4.79 Å². The number of hydrogen-bond donors (Lipinski definition) is 1. The van der Waals surface area contributed by atoms with Crippen LogP contribution in [-0.4, -0.2) is 49.6 Å². The minimum Gasteiger partial charge on any atom is -0.478 e. The molecule has 0 spiro atoms. The van der Waals surface area contributed by atoms with Gasteiger partial charge in [-0.1, -0.05) is 18.2 Å². The highest BCUT2D eigenvalue weighted by atomic mass is 19.4. The largest absolute Gasteiger partial charge is 0.478 e. The number of carboxylic acids is 1. The average molecular weight is 418 g/mol. The fourth-order valence-corrected chi connectivity index (χ4v) is 3.82. The second-order valence-corrected chi connectivity index (χ2v) is 7.12. The molecule has 0 saturated carbocycles. The van der Waals surface area contributed by atoms with Crippen molar-refractivity contribution in [1.82, 2.24) is 19.5 Å². The molecule has 1 amide bonds. The maximum Gasteiger partial charge on any atom is 0.416 e. The van der Waals surface area contributed by atoms with Crippen LogP contribution < -0.4 is 0 Å². The molecule has 30 heavy (non-hydrogen) atoms. The summed E-state index contributed by atoms with van der Waals surface area (Å²) in [5.41, 5.74) is -0.121. The molecule has 156 valence electrons. The lowest BCUT2D eigenvalue weighted by Gasteiger charge is -2.32. The highest BCUT2D eigenvalue weighted by Gasteiger charge is 2.36. The molecular formula is C20H17F3N4O3. The van der Waals surface area contributed by atoms with Gasteiger partial charge in [0.25, 0.3) is 5.91 Å². The zero-order valence-corrected chi connectivity index (χ0v) is 15.6. The zero-order chi connectivity index (χ0) is 21.5. The molecule has 7 nitrogen and oxygen atoms in total. The van der Waals surface area contributed by atoms with Crippen LogP contribution in [0.3, 0.4) is 0 Å². The van der Waals surface area contributed by atoms with Gasteiger partial charge in [0.1, 0.15) is 0 Å². The van der Waals surface area contributed by atoms with Gasteiger partial charge in [-0.2, -0.15) is 13.2 Å². The van der Waals surface area contributed by atoms with Crippen LogP contribution >= 0.6 is 0 Å². The van der Waals surface area contributed by atoms with Crippen molar-refractivity contribution in [3.05, 3.63) is 65.1 Å². The molecule has 3 heterocycles. The van der Waals surface area contributed by atoms with Crippen LogP contribution in [-0.2, 0) is 6.18 Å². The first-order valence-electron chi connectivity index (χ1n) is 9.29. The predicted octanol–water partition coefficient (Wildman–Crippen LogP) is 3.47. The number of aromatic carboxylic acids is 1. The Balaban J connectivity index is 1.51. The van der Waals surface area contributed by atoms with Crippen LogP contribution in [0, 0.1) is 0 Å². The number of pyridine rings is 1. The predicted molar refractivity (Wildman–Crippen MR) is 99.3 cm³/mol. The maximum atomic E-state index is 13.3. The van der Waals surface area contributed by atoms with Crippen LogP contribution in [0.2, 0.25) is 0 Å². The number of hydrogen-bond acceptors (Lipinski definition) is 4. The third kappa shape index (κ3) is 3.60. The number of amides is 1. The first-order chi connectivity index (χ1) is 14.3. The lowest BCUT2D eigenvalue weighted by molar-refractivity contribution is -0.138. The smallest absolute Gasteiger partial charge is 0.416 e. The van der Waals surface area contributed by atoms with Crippen LogP contribution in [0.25, 0.3) is 5.65 Å². The number of benzene rings is 1. The molecule has 0 aliphatic carbocycles. The van der Waals surface area contributed by atoms with Crippen molar-refractivity contribution in [2.45, 2.75) is 24.9 Å². The van der Waals surface area contributed by atoms with Gasteiger partial charge in [-0.3, -0.25) is 9.20 Å². The van der Waals surface area contributed by atoms with Gasteiger partial charge in [0.2, 0.25) is 5.82 Å². The van der Waals surface area contributed by atoms with E-state index in [9.17, 15) is 22.8 Å². The standard InChI is InChI=1S/C20H17F3N4O3/c21-20(22,23)15-4-2-1-3-14(15)12-5-8-26(9-6-12)18(28)17-25-24-16-11-13(19(29)30)7-10-27(16)17/h1-4,7,10-12H,5-6,8-9H2,(H,29,30). The summed E-state index contributed by atoms with van der Waals surface area (Å²) in [4.78, 5) is 25.5. The number of rotatable bonds is 3. The zero-order valence-electron chi connectivity index (χ0n) is 15.6. The molecule has 10 heteroatoms. The van der Waals surface area contributed by atoms with Crippen molar-refractivity contribution in [2.24, 2.45) is 0 Å². The number of likely N-dealkylation sites (tertiary alicyclic amines) is 1. The molecule has 1 aliphatic heterocycles. The second kappa shape index (κ2) is 7.43. The average Bonchev–Trinajstić information content (AvgIpc) is 3.16. The van der Waals surface area contributed by atoms with E-state index < -0.39 is 23.6 Å². The molecule has 0 atom stereocenters. The number of carbonyl (C=O) groups excluding carboxylic acids is 1. The van der Waals surface area contributed by atoms with E-state index in [0.717, 1.165) is 6.07 Å². The minimum absolute atomic E-state index is 0.0260. The number of nitrogens with zero attached hydrogens (tertiary/aromatic N) is 4. The summed E-state index contributed by atoms with van der Waals surface area (Å²) >= 11 is 0. The third-order valence-electron chi connectivity index (χ3n) is 5.34. The number of fused-ring (bicyclic) bond motifs is 1. The molecule has 1 N–H and O–H groups in total. The van der Waals surface area contributed by atoms with E-state index >= 15 is 0 Å². The minimum atomic E-state index is -4.42. The molecule has 1 fully saturated rings. The van der Waals surface area contributed by atoms with Gasteiger partial charge in [0, 0.05) is 19.3 Å². The number of alkyl halides is 3. The Morgan fingerprint density at radius 3 is 2.43 bits per heavy atom. The normalized spacial score (nSPS) is 15.5. The Kier molecular flexibility index (Phi) is 4.92. The monoisotopic (exact) mass is 418 g/mol. The molecule has 1 aromatic carbocycles. The van der Waals surface area contributed by atoms with Crippen molar-refractivity contribution < 1.29 is 27.9 Å². The molecule has 2 aromatic heterocycles. The summed E-state index contributed by atoms with van der Waals surface area (Å²) in [5.74, 6) is -1.76. The van der Waals surface area contributed by atoms with E-state index in [-0.39, 0.29) is 41.6 Å². The van der Waals surface area contributed by atoms with Crippen molar-refractivity contribution in [1.29, 1.82) is 0 Å². The van der Waals surface area contributed by atoms with Gasteiger partial charge >= 0.3 is 12.1 Å². The fourth-order valence-electron chi connectivity index (χ4n) is 3.82. The fraction of sp³-hybridized carbons (Fsp3) is 0.300. The number of aromatic nitrogens is 3. The van der Waals surface area contributed by atoms with E-state index in [1.807, 2.05) is 0 Å². The van der Waals surface area contributed by atoms with Crippen molar-refractivity contribution in [2.75, 3.05) is 13.1 Å². The summed E-state index contributed by atoms with van der Waals surface area (Å²) in [5, 5.41) is 16.8. The summed E-state index contributed by atoms with van der Waals surface area (Å²) in [6.45, 7) is 0.579. The Morgan fingerprint density at radius 2 is 1.77 bits per heavy atom. The topological polar surface area (TPSA) is 87.8 Å². The molecule has 0 radical (unpaired) electrons. The van der Waals surface area contributed by atoms with Crippen LogP contribution in [0.1, 0.15) is 50.9 Å². The molecule has 0 bridgehead atoms. The highest BCUT2D eigenvalue weighted by molar-refractivity contribution is 5.92. The second-order valence-electron chi connectivity index (χ2n) is 7.12. The van der Waals surface area contributed by atoms with Crippen molar-refractivity contribution >= 4 is 17.5 Å². The van der Waals surface area contributed by atoms with E-state index in [2.05, 4.69) is 10.2 Å². The van der Waals surface area contributed by atoms with E-state index in [4.69, 9.17) is 5.11 Å². The molecule has 1 saturated heterocycles. The van der Waals surface area contributed by atoms with Crippen molar-refractivity contribution in [3.63, 3.8) is 0 Å². The molecule has 3 aromatic rings. The lowest BCUT2D eigenvalue weighted by Crippen LogP contribution is -2.39. The van der Waals surface area contributed by atoms with Crippen LogP contribution in [0.5, 0.6) is 0 Å². The summed E-state index contributed by atoms with van der Waals surface area (Å²) in [7, 11) is 0. The van der Waals surface area contributed by atoms with E-state index in [1.165, 1.54) is 39.8 Å². The molecule has 4 rings (SSSR count). The van der Waals surface area contributed by atoms with Gasteiger partial charge in [0.15, 0.2) is 5.65 Å². The first kappa shape index (κ1) is 19.9. The highest BCUT2D eigenvalue weighted by Crippen LogP contribution is 2.38. The van der Waals surface area contributed by atoms with Crippen LogP contribution in [0.15, 0.2) is 42.6 Å². The van der Waals surface area contributed by atoms with E-state index in [1.54, 1.807) is 6.07 Å². The van der Waals surface area contributed by atoms with Gasteiger partial charge in [-0.05, 0) is 42.5 Å². The maximum absolute atomic E-state index is 13.3. The number of piperidine rings is 1. The summed E-state index contributed by atoms with van der Waals surface area (Å²) < 4.78 is 41.3. The Morgan fingerprint density at radius 1 is 1.07 bits per heavy atom. The molecule has 0 unspecified atom stereocenters. The number of carboxylic acid groups (broad SMARTS) is 1. The third-order valence-corrected chi connectivity index (χ3v) is 5.34. The Bertz CT molecular complexity index is 1120. The number of carbonyl (C=O) groups is 2. The van der Waals surface area contributed by atoms with Gasteiger partial charge < -0.3 is 10.0 Å². The summed E-state index contributed by atoms with van der Waals surface area (Å²) in [6.07, 6.45) is -2.20. The Labute approximate surface area is 168 Å².